The fourth-order valence-electron chi connectivity index (χ4n) is 1.61. The molecule has 1 aromatic heterocycles. The highest BCUT2D eigenvalue weighted by molar-refractivity contribution is 5.95. The van der Waals surface area contributed by atoms with Crippen LogP contribution in [0.25, 0.3) is 0 Å². The molecule has 0 atom stereocenters. The van der Waals surface area contributed by atoms with E-state index in [1.807, 2.05) is 19.2 Å². The van der Waals surface area contributed by atoms with E-state index in [1.165, 1.54) is 0 Å². The number of nitrogens with one attached hydrogen (secondary N) is 1. The highest BCUT2D eigenvalue weighted by Gasteiger charge is 2.21. The normalized spacial score (nSPS) is 16.1. The lowest BCUT2D eigenvalue weighted by molar-refractivity contribution is -0.117. The van der Waals surface area contributed by atoms with E-state index >= 15 is 0 Å². The van der Waals surface area contributed by atoms with Crippen molar-refractivity contribution >= 4 is 17.4 Å². The average molecular weight is 191 g/mol. The summed E-state index contributed by atoms with van der Waals surface area (Å²) < 4.78 is 0. The maximum Gasteiger partial charge on any atom is 0.227 e. The van der Waals surface area contributed by atoms with Crippen LogP contribution in [0, 0.1) is 0 Å². The molecule has 1 amide bonds. The predicted molar refractivity (Wildman–Crippen MR) is 55.4 cm³/mol. The number of carbonyl (C=O) groups is 1. The van der Waals surface area contributed by atoms with Gasteiger partial charge in [-0.05, 0) is 18.6 Å². The van der Waals surface area contributed by atoms with E-state index in [2.05, 4.69) is 10.3 Å². The minimum Gasteiger partial charge on any atom is -0.373 e. The first-order chi connectivity index (χ1) is 6.81. The summed E-state index contributed by atoms with van der Waals surface area (Å²) >= 11 is 0. The van der Waals surface area contributed by atoms with Crippen LogP contribution in [0.15, 0.2) is 18.3 Å². The maximum absolute atomic E-state index is 11.4. The van der Waals surface area contributed by atoms with Crippen LogP contribution in [0.1, 0.15) is 12.8 Å². The SMILES string of the molecule is CNc1ccc(N2CCCC2=O)cn1. The van der Waals surface area contributed by atoms with Gasteiger partial charge in [0.2, 0.25) is 5.91 Å². The monoisotopic (exact) mass is 191 g/mol. The summed E-state index contributed by atoms with van der Waals surface area (Å²) in [6.45, 7) is 0.819. The van der Waals surface area contributed by atoms with Crippen molar-refractivity contribution in [2.45, 2.75) is 12.8 Å². The van der Waals surface area contributed by atoms with Crippen molar-refractivity contribution in [1.29, 1.82) is 0 Å². The first-order valence-electron chi connectivity index (χ1n) is 4.75. The molecule has 1 saturated heterocycles. The van der Waals surface area contributed by atoms with Gasteiger partial charge in [-0.15, -0.1) is 0 Å². The van der Waals surface area contributed by atoms with Crippen LogP contribution in [0.2, 0.25) is 0 Å². The molecule has 0 bridgehead atoms. The summed E-state index contributed by atoms with van der Waals surface area (Å²) in [5.41, 5.74) is 0.895. The van der Waals surface area contributed by atoms with Crippen LogP contribution in [-0.2, 0) is 4.79 Å². The molecular weight excluding hydrogens is 178 g/mol. The lowest BCUT2D eigenvalue weighted by atomic mass is 10.3. The number of pyridine rings is 1. The number of hydrogen-bond donors (Lipinski definition) is 1. The minimum atomic E-state index is 0.198. The molecule has 1 aromatic rings. The van der Waals surface area contributed by atoms with E-state index in [4.69, 9.17) is 0 Å². The zero-order valence-electron chi connectivity index (χ0n) is 8.16. The number of carbonyl (C=O) groups excluding carboxylic acids is 1. The topological polar surface area (TPSA) is 45.2 Å². The van der Waals surface area contributed by atoms with E-state index in [9.17, 15) is 4.79 Å². The van der Waals surface area contributed by atoms with Crippen molar-refractivity contribution in [1.82, 2.24) is 4.98 Å². The van der Waals surface area contributed by atoms with Gasteiger partial charge in [0, 0.05) is 20.0 Å². The van der Waals surface area contributed by atoms with Gasteiger partial charge in [0.1, 0.15) is 5.82 Å². The fraction of sp³-hybridized carbons (Fsp3) is 0.400. The molecule has 2 rings (SSSR count). The minimum absolute atomic E-state index is 0.198. The third-order valence-electron chi connectivity index (χ3n) is 2.39. The number of rotatable bonds is 2. The first-order valence-corrected chi connectivity index (χ1v) is 4.75. The summed E-state index contributed by atoms with van der Waals surface area (Å²) in [4.78, 5) is 17.4. The van der Waals surface area contributed by atoms with E-state index in [0.717, 1.165) is 24.5 Å². The summed E-state index contributed by atoms with van der Waals surface area (Å²) in [7, 11) is 1.82. The highest BCUT2D eigenvalue weighted by atomic mass is 16.2. The van der Waals surface area contributed by atoms with Crippen LogP contribution >= 0.6 is 0 Å². The van der Waals surface area contributed by atoms with Crippen molar-refractivity contribution in [2.75, 3.05) is 23.8 Å². The van der Waals surface area contributed by atoms with Crippen molar-refractivity contribution in [2.24, 2.45) is 0 Å². The third kappa shape index (κ3) is 1.55. The van der Waals surface area contributed by atoms with Crippen molar-refractivity contribution in [3.63, 3.8) is 0 Å². The second-order valence-electron chi connectivity index (χ2n) is 3.30. The molecule has 14 heavy (non-hydrogen) atoms. The van der Waals surface area contributed by atoms with Gasteiger partial charge in [0.15, 0.2) is 0 Å². The molecule has 4 heteroatoms. The molecule has 2 heterocycles. The molecule has 1 aliphatic rings. The number of aromatic nitrogens is 1. The lowest BCUT2D eigenvalue weighted by Crippen LogP contribution is -2.23. The average Bonchev–Trinajstić information content (AvgIpc) is 2.65. The first kappa shape index (κ1) is 8.99. The Morgan fingerprint density at radius 3 is 2.86 bits per heavy atom. The Morgan fingerprint density at radius 2 is 2.36 bits per heavy atom. The molecule has 74 valence electrons. The van der Waals surface area contributed by atoms with E-state index in [-0.39, 0.29) is 5.91 Å². The largest absolute Gasteiger partial charge is 0.373 e. The molecule has 0 aromatic carbocycles. The maximum atomic E-state index is 11.4. The summed E-state index contributed by atoms with van der Waals surface area (Å²) in [6, 6.07) is 3.79. The molecule has 0 saturated carbocycles. The predicted octanol–water partition coefficient (Wildman–Crippen LogP) is 1.25. The number of anilines is 2. The number of amides is 1. The Bertz CT molecular complexity index is 334. The number of hydrogen-bond acceptors (Lipinski definition) is 3. The Balaban J connectivity index is 2.20. The van der Waals surface area contributed by atoms with Gasteiger partial charge in [-0.1, -0.05) is 0 Å². The van der Waals surface area contributed by atoms with E-state index in [1.54, 1.807) is 11.1 Å². The van der Waals surface area contributed by atoms with Gasteiger partial charge in [0.05, 0.1) is 11.9 Å². The quantitative estimate of drug-likeness (QED) is 0.765. The zero-order valence-corrected chi connectivity index (χ0v) is 8.16. The van der Waals surface area contributed by atoms with Gasteiger partial charge < -0.3 is 10.2 Å². The van der Waals surface area contributed by atoms with Crippen LogP contribution in [0.4, 0.5) is 11.5 Å². The molecule has 0 spiro atoms. The van der Waals surface area contributed by atoms with Crippen molar-refractivity contribution < 1.29 is 4.79 Å². The van der Waals surface area contributed by atoms with E-state index in [0.29, 0.717) is 6.42 Å². The van der Waals surface area contributed by atoms with Crippen LogP contribution in [-0.4, -0.2) is 24.5 Å². The zero-order chi connectivity index (χ0) is 9.97. The Hall–Kier alpha value is -1.58. The molecule has 1 aliphatic heterocycles. The van der Waals surface area contributed by atoms with Gasteiger partial charge in [-0.3, -0.25) is 4.79 Å². The Labute approximate surface area is 82.9 Å². The summed E-state index contributed by atoms with van der Waals surface area (Å²) in [5, 5.41) is 2.94. The number of nitrogens with zero attached hydrogens (tertiary/aromatic N) is 2. The molecular formula is C10H13N3O. The van der Waals surface area contributed by atoms with Crippen LogP contribution in [0.3, 0.4) is 0 Å². The van der Waals surface area contributed by atoms with Crippen molar-refractivity contribution in [3.05, 3.63) is 18.3 Å². The molecule has 4 nitrogen and oxygen atoms in total. The molecule has 1 fully saturated rings. The lowest BCUT2D eigenvalue weighted by Gasteiger charge is -2.15. The molecule has 0 radical (unpaired) electrons. The van der Waals surface area contributed by atoms with Crippen LogP contribution < -0.4 is 10.2 Å². The van der Waals surface area contributed by atoms with Gasteiger partial charge in [-0.2, -0.15) is 0 Å². The smallest absolute Gasteiger partial charge is 0.227 e. The summed E-state index contributed by atoms with van der Waals surface area (Å²) in [5.74, 6) is 1.02. The fourth-order valence-corrected chi connectivity index (χ4v) is 1.61. The van der Waals surface area contributed by atoms with Gasteiger partial charge in [0.25, 0.3) is 0 Å². The van der Waals surface area contributed by atoms with Crippen LogP contribution in [0.5, 0.6) is 0 Å². The third-order valence-corrected chi connectivity index (χ3v) is 2.39. The second-order valence-corrected chi connectivity index (χ2v) is 3.30. The molecule has 0 aliphatic carbocycles. The Morgan fingerprint density at radius 1 is 1.50 bits per heavy atom. The van der Waals surface area contributed by atoms with Gasteiger partial charge >= 0.3 is 0 Å². The van der Waals surface area contributed by atoms with Crippen molar-refractivity contribution in [3.8, 4) is 0 Å². The second kappa shape index (κ2) is 3.65. The summed E-state index contributed by atoms with van der Waals surface area (Å²) in [6.07, 6.45) is 3.34. The van der Waals surface area contributed by atoms with E-state index < -0.39 is 0 Å². The standard InChI is InChI=1S/C10H13N3O/c1-11-9-5-4-8(7-12-9)13-6-2-3-10(13)14/h4-5,7H,2-3,6H2,1H3,(H,11,12). The Kier molecular flexibility index (Phi) is 2.35. The highest BCUT2D eigenvalue weighted by Crippen LogP contribution is 2.20. The molecule has 0 unspecified atom stereocenters. The van der Waals surface area contributed by atoms with Gasteiger partial charge in [-0.25, -0.2) is 4.98 Å². The molecule has 1 N–H and O–H groups in total.